The van der Waals surface area contributed by atoms with Gasteiger partial charge in [0.25, 0.3) is 5.91 Å². The average molecular weight is 256 g/mol. The SMILES string of the molecule is Cn1ccnc1C(=O)Nc1cccc2c1CNCC2. The number of nitrogens with one attached hydrogen (secondary N) is 2. The molecule has 1 aromatic heterocycles. The largest absolute Gasteiger partial charge is 0.330 e. The Hall–Kier alpha value is -2.14. The predicted molar refractivity (Wildman–Crippen MR) is 73.0 cm³/mol. The average Bonchev–Trinajstić information content (AvgIpc) is 2.85. The number of anilines is 1. The Kier molecular flexibility index (Phi) is 3.05. The second-order valence-electron chi connectivity index (χ2n) is 4.69. The number of fused-ring (bicyclic) bond motifs is 1. The Morgan fingerprint density at radius 1 is 1.47 bits per heavy atom. The Morgan fingerprint density at radius 2 is 2.37 bits per heavy atom. The lowest BCUT2D eigenvalue weighted by molar-refractivity contribution is 0.101. The van der Waals surface area contributed by atoms with Crippen molar-refractivity contribution < 1.29 is 4.79 Å². The lowest BCUT2D eigenvalue weighted by Crippen LogP contribution is -2.26. The number of benzene rings is 1. The number of rotatable bonds is 2. The van der Waals surface area contributed by atoms with Gasteiger partial charge in [0.1, 0.15) is 0 Å². The van der Waals surface area contributed by atoms with Gasteiger partial charge in [-0.3, -0.25) is 4.79 Å². The summed E-state index contributed by atoms with van der Waals surface area (Å²) in [4.78, 5) is 16.2. The van der Waals surface area contributed by atoms with E-state index in [1.807, 2.05) is 19.2 Å². The molecule has 0 unspecified atom stereocenters. The zero-order valence-electron chi connectivity index (χ0n) is 10.8. The molecule has 0 aliphatic carbocycles. The van der Waals surface area contributed by atoms with Gasteiger partial charge in [-0.25, -0.2) is 4.98 Å². The van der Waals surface area contributed by atoms with Crippen LogP contribution in [0.1, 0.15) is 21.7 Å². The fourth-order valence-electron chi connectivity index (χ4n) is 2.39. The minimum Gasteiger partial charge on any atom is -0.330 e. The summed E-state index contributed by atoms with van der Waals surface area (Å²) in [7, 11) is 1.81. The quantitative estimate of drug-likeness (QED) is 0.852. The summed E-state index contributed by atoms with van der Waals surface area (Å²) in [6, 6.07) is 6.04. The highest BCUT2D eigenvalue weighted by molar-refractivity contribution is 6.02. The van der Waals surface area contributed by atoms with E-state index in [2.05, 4.69) is 21.7 Å². The number of hydrogen-bond acceptors (Lipinski definition) is 3. The smallest absolute Gasteiger partial charge is 0.291 e. The van der Waals surface area contributed by atoms with Crippen LogP contribution in [0.3, 0.4) is 0 Å². The van der Waals surface area contributed by atoms with Gasteiger partial charge in [0.2, 0.25) is 0 Å². The summed E-state index contributed by atoms with van der Waals surface area (Å²) in [5.41, 5.74) is 3.35. The highest BCUT2D eigenvalue weighted by atomic mass is 16.2. The Balaban J connectivity index is 1.88. The van der Waals surface area contributed by atoms with Crippen LogP contribution in [0.15, 0.2) is 30.6 Å². The molecule has 0 saturated heterocycles. The molecule has 0 fully saturated rings. The molecule has 1 aliphatic heterocycles. The first kappa shape index (κ1) is 11.9. The molecule has 2 aromatic rings. The van der Waals surface area contributed by atoms with E-state index >= 15 is 0 Å². The third-order valence-corrected chi connectivity index (χ3v) is 3.42. The normalized spacial score (nSPS) is 13.9. The molecular formula is C14H16N4O. The van der Waals surface area contributed by atoms with E-state index in [1.54, 1.807) is 17.0 Å². The Bertz CT molecular complexity index is 618. The van der Waals surface area contributed by atoms with Gasteiger partial charge in [-0.1, -0.05) is 12.1 Å². The fraction of sp³-hybridized carbons (Fsp3) is 0.286. The number of aromatic nitrogens is 2. The minimum atomic E-state index is -0.175. The zero-order valence-corrected chi connectivity index (χ0v) is 10.8. The van der Waals surface area contributed by atoms with Crippen molar-refractivity contribution in [3.63, 3.8) is 0 Å². The van der Waals surface area contributed by atoms with E-state index in [9.17, 15) is 4.79 Å². The lowest BCUT2D eigenvalue weighted by atomic mass is 9.99. The van der Waals surface area contributed by atoms with Crippen molar-refractivity contribution in [3.05, 3.63) is 47.5 Å². The van der Waals surface area contributed by atoms with E-state index in [0.29, 0.717) is 5.82 Å². The maximum Gasteiger partial charge on any atom is 0.291 e. The lowest BCUT2D eigenvalue weighted by Gasteiger charge is -2.20. The van der Waals surface area contributed by atoms with Crippen molar-refractivity contribution in [2.75, 3.05) is 11.9 Å². The van der Waals surface area contributed by atoms with Gasteiger partial charge in [-0.2, -0.15) is 0 Å². The second kappa shape index (κ2) is 4.85. The van der Waals surface area contributed by atoms with E-state index in [-0.39, 0.29) is 5.91 Å². The van der Waals surface area contributed by atoms with Crippen LogP contribution in [-0.2, 0) is 20.0 Å². The molecule has 0 saturated carbocycles. The molecule has 1 amide bonds. The number of carbonyl (C=O) groups excluding carboxylic acids is 1. The fourth-order valence-corrected chi connectivity index (χ4v) is 2.39. The van der Waals surface area contributed by atoms with Crippen LogP contribution in [0.5, 0.6) is 0 Å². The summed E-state index contributed by atoms with van der Waals surface area (Å²) < 4.78 is 1.71. The van der Waals surface area contributed by atoms with Crippen LogP contribution in [0.4, 0.5) is 5.69 Å². The van der Waals surface area contributed by atoms with Gasteiger partial charge in [-0.05, 0) is 30.2 Å². The molecule has 3 rings (SSSR count). The van der Waals surface area contributed by atoms with E-state index < -0.39 is 0 Å². The molecule has 0 atom stereocenters. The van der Waals surface area contributed by atoms with Gasteiger partial charge in [-0.15, -0.1) is 0 Å². The molecule has 5 nitrogen and oxygen atoms in total. The molecule has 2 N–H and O–H groups in total. The Labute approximate surface area is 111 Å². The number of aryl methyl sites for hydroxylation is 1. The molecule has 0 bridgehead atoms. The van der Waals surface area contributed by atoms with Crippen molar-refractivity contribution >= 4 is 11.6 Å². The number of nitrogens with zero attached hydrogens (tertiary/aromatic N) is 2. The first-order chi connectivity index (χ1) is 9.25. The molecule has 1 aromatic carbocycles. The maximum atomic E-state index is 12.2. The summed E-state index contributed by atoms with van der Waals surface area (Å²) in [5, 5.41) is 6.28. The highest BCUT2D eigenvalue weighted by Gasteiger charge is 2.16. The van der Waals surface area contributed by atoms with Gasteiger partial charge in [0, 0.05) is 31.7 Å². The first-order valence-corrected chi connectivity index (χ1v) is 6.36. The summed E-state index contributed by atoms with van der Waals surface area (Å²) in [6.45, 7) is 1.79. The molecule has 0 spiro atoms. The van der Waals surface area contributed by atoms with Crippen LogP contribution in [-0.4, -0.2) is 22.0 Å². The van der Waals surface area contributed by atoms with Crippen molar-refractivity contribution in [2.45, 2.75) is 13.0 Å². The van der Waals surface area contributed by atoms with Crippen molar-refractivity contribution in [2.24, 2.45) is 7.05 Å². The monoisotopic (exact) mass is 256 g/mol. The maximum absolute atomic E-state index is 12.2. The van der Waals surface area contributed by atoms with Gasteiger partial charge in [0.15, 0.2) is 5.82 Å². The van der Waals surface area contributed by atoms with Crippen LogP contribution in [0, 0.1) is 0 Å². The summed E-state index contributed by atoms with van der Waals surface area (Å²) in [5.74, 6) is 0.243. The molecule has 1 aliphatic rings. The molecule has 98 valence electrons. The second-order valence-corrected chi connectivity index (χ2v) is 4.69. The molecule has 0 radical (unpaired) electrons. The van der Waals surface area contributed by atoms with Crippen LogP contribution >= 0.6 is 0 Å². The highest BCUT2D eigenvalue weighted by Crippen LogP contribution is 2.23. The van der Waals surface area contributed by atoms with Gasteiger partial charge < -0.3 is 15.2 Å². The number of carbonyl (C=O) groups is 1. The molecule has 2 heterocycles. The predicted octanol–water partition coefficient (Wildman–Crippen LogP) is 1.32. The van der Waals surface area contributed by atoms with Crippen molar-refractivity contribution in [1.29, 1.82) is 0 Å². The van der Waals surface area contributed by atoms with Crippen LogP contribution in [0.25, 0.3) is 0 Å². The Morgan fingerprint density at radius 3 is 3.16 bits per heavy atom. The minimum absolute atomic E-state index is 0.175. The number of imidazole rings is 1. The zero-order chi connectivity index (χ0) is 13.2. The van der Waals surface area contributed by atoms with Crippen molar-refractivity contribution in [3.8, 4) is 0 Å². The van der Waals surface area contributed by atoms with Crippen LogP contribution in [0.2, 0.25) is 0 Å². The van der Waals surface area contributed by atoms with E-state index in [0.717, 1.165) is 25.2 Å². The summed E-state index contributed by atoms with van der Waals surface area (Å²) in [6.07, 6.45) is 4.38. The third-order valence-electron chi connectivity index (χ3n) is 3.42. The topological polar surface area (TPSA) is 59.0 Å². The summed E-state index contributed by atoms with van der Waals surface area (Å²) >= 11 is 0. The van der Waals surface area contributed by atoms with Gasteiger partial charge >= 0.3 is 0 Å². The first-order valence-electron chi connectivity index (χ1n) is 6.36. The molecule has 19 heavy (non-hydrogen) atoms. The van der Waals surface area contributed by atoms with E-state index in [1.165, 1.54) is 11.1 Å². The number of hydrogen-bond donors (Lipinski definition) is 2. The molecular weight excluding hydrogens is 240 g/mol. The van der Waals surface area contributed by atoms with E-state index in [4.69, 9.17) is 0 Å². The standard InChI is InChI=1S/C14H16N4O/c1-18-8-7-16-13(18)14(19)17-12-4-2-3-10-5-6-15-9-11(10)12/h2-4,7-8,15H,5-6,9H2,1H3,(H,17,19). The van der Waals surface area contributed by atoms with Crippen LogP contribution < -0.4 is 10.6 Å². The molecule has 5 heteroatoms. The van der Waals surface area contributed by atoms with Crippen molar-refractivity contribution in [1.82, 2.24) is 14.9 Å². The third kappa shape index (κ3) is 2.24. The van der Waals surface area contributed by atoms with Gasteiger partial charge in [0.05, 0.1) is 0 Å². The number of amides is 1.